The Labute approximate surface area is 159 Å². The van der Waals surface area contributed by atoms with Gasteiger partial charge in [-0.3, -0.25) is 4.79 Å². The van der Waals surface area contributed by atoms with Crippen molar-refractivity contribution in [2.24, 2.45) is 0 Å². The summed E-state index contributed by atoms with van der Waals surface area (Å²) in [4.78, 5) is 16.3. The molecule has 0 fully saturated rings. The van der Waals surface area contributed by atoms with Crippen molar-refractivity contribution in [3.63, 3.8) is 0 Å². The van der Waals surface area contributed by atoms with Crippen molar-refractivity contribution in [1.29, 1.82) is 0 Å². The molecule has 7 heteroatoms. The fourth-order valence-electron chi connectivity index (χ4n) is 2.28. The fraction of sp³-hybridized carbons (Fsp3) is 0.100. The average molecular weight is 386 g/mol. The first-order valence-electron chi connectivity index (χ1n) is 8.08. The topological polar surface area (TPSA) is 51.2 Å². The van der Waals surface area contributed by atoms with Gasteiger partial charge in [-0.1, -0.05) is 24.3 Å². The number of ether oxygens (including phenoxy) is 1. The summed E-state index contributed by atoms with van der Waals surface area (Å²) in [6.07, 6.45) is 1.60. The molecule has 27 heavy (non-hydrogen) atoms. The van der Waals surface area contributed by atoms with Crippen molar-refractivity contribution >= 4 is 17.2 Å². The van der Waals surface area contributed by atoms with Crippen LogP contribution in [0.15, 0.2) is 60.5 Å². The van der Waals surface area contributed by atoms with Crippen LogP contribution in [0.5, 0.6) is 5.75 Å². The van der Waals surface area contributed by atoms with Gasteiger partial charge >= 0.3 is 0 Å². The molecule has 1 aromatic heterocycles. The van der Waals surface area contributed by atoms with Gasteiger partial charge < -0.3 is 10.1 Å². The van der Waals surface area contributed by atoms with Crippen LogP contribution in [0.25, 0.3) is 10.6 Å². The lowest BCUT2D eigenvalue weighted by Crippen LogP contribution is -2.23. The third-order valence-electron chi connectivity index (χ3n) is 3.61. The maximum atomic E-state index is 13.3. The summed E-state index contributed by atoms with van der Waals surface area (Å²) < 4.78 is 31.9. The Balaban J connectivity index is 1.70. The van der Waals surface area contributed by atoms with Crippen molar-refractivity contribution in [3.05, 3.63) is 83.4 Å². The molecule has 0 saturated carbocycles. The third-order valence-corrected chi connectivity index (χ3v) is 4.51. The Morgan fingerprint density at radius 1 is 1.22 bits per heavy atom. The summed E-state index contributed by atoms with van der Waals surface area (Å²) >= 11 is 1.35. The van der Waals surface area contributed by atoms with Crippen LogP contribution in [-0.4, -0.2) is 17.4 Å². The normalized spacial score (nSPS) is 10.4. The van der Waals surface area contributed by atoms with Gasteiger partial charge in [0.15, 0.2) is 11.6 Å². The van der Waals surface area contributed by atoms with E-state index >= 15 is 0 Å². The molecule has 1 amide bonds. The number of hydrogen-bond donors (Lipinski definition) is 1. The second-order valence-electron chi connectivity index (χ2n) is 5.60. The maximum absolute atomic E-state index is 13.3. The molecule has 0 spiro atoms. The summed E-state index contributed by atoms with van der Waals surface area (Å²) in [5.41, 5.74) is 1.66. The van der Waals surface area contributed by atoms with E-state index in [0.717, 1.165) is 17.7 Å². The minimum absolute atomic E-state index is 0.105. The Bertz CT molecular complexity index is 972. The van der Waals surface area contributed by atoms with E-state index < -0.39 is 11.6 Å². The van der Waals surface area contributed by atoms with Crippen LogP contribution in [0, 0.1) is 11.6 Å². The number of hydrogen-bond acceptors (Lipinski definition) is 4. The highest BCUT2D eigenvalue weighted by atomic mass is 32.1. The lowest BCUT2D eigenvalue weighted by Gasteiger charge is -2.08. The SMILES string of the molecule is C=CCNC(=O)c1csc(-c2cccc(OCc3ccc(F)c(F)c3)c2)n1. The van der Waals surface area contributed by atoms with Gasteiger partial charge in [-0.25, -0.2) is 13.8 Å². The number of rotatable bonds is 7. The molecule has 138 valence electrons. The first-order chi connectivity index (χ1) is 13.1. The highest BCUT2D eigenvalue weighted by Crippen LogP contribution is 2.27. The van der Waals surface area contributed by atoms with E-state index in [1.54, 1.807) is 29.7 Å². The largest absolute Gasteiger partial charge is 0.489 e. The van der Waals surface area contributed by atoms with Crippen molar-refractivity contribution in [2.75, 3.05) is 6.54 Å². The molecule has 2 aromatic carbocycles. The third kappa shape index (κ3) is 4.77. The van der Waals surface area contributed by atoms with E-state index in [-0.39, 0.29) is 12.5 Å². The molecule has 0 saturated heterocycles. The molecule has 0 unspecified atom stereocenters. The summed E-state index contributed by atoms with van der Waals surface area (Å²) in [5, 5.41) is 5.04. The van der Waals surface area contributed by atoms with Crippen LogP contribution in [-0.2, 0) is 6.61 Å². The van der Waals surface area contributed by atoms with Crippen LogP contribution in [0.3, 0.4) is 0 Å². The number of carbonyl (C=O) groups excluding carboxylic acids is 1. The van der Waals surface area contributed by atoms with Gasteiger partial charge in [-0.05, 0) is 29.8 Å². The second-order valence-corrected chi connectivity index (χ2v) is 6.46. The number of nitrogens with one attached hydrogen (secondary N) is 1. The van der Waals surface area contributed by atoms with Crippen LogP contribution in [0.2, 0.25) is 0 Å². The van der Waals surface area contributed by atoms with Gasteiger partial charge in [0.25, 0.3) is 5.91 Å². The van der Waals surface area contributed by atoms with Crippen LogP contribution in [0.1, 0.15) is 16.1 Å². The quantitative estimate of drug-likeness (QED) is 0.605. The Kier molecular flexibility index (Phi) is 5.93. The lowest BCUT2D eigenvalue weighted by molar-refractivity contribution is 0.0954. The van der Waals surface area contributed by atoms with Gasteiger partial charge in [0, 0.05) is 17.5 Å². The molecular formula is C20H16F2N2O2S. The number of benzene rings is 2. The molecule has 0 aliphatic carbocycles. The smallest absolute Gasteiger partial charge is 0.271 e. The van der Waals surface area contributed by atoms with Crippen LogP contribution < -0.4 is 10.1 Å². The Morgan fingerprint density at radius 2 is 2.07 bits per heavy atom. The summed E-state index contributed by atoms with van der Waals surface area (Å²) in [6, 6.07) is 10.8. The van der Waals surface area contributed by atoms with Crippen LogP contribution >= 0.6 is 11.3 Å². The number of carbonyl (C=O) groups is 1. The number of aromatic nitrogens is 1. The van der Waals surface area contributed by atoms with E-state index in [1.807, 2.05) is 6.07 Å². The van der Waals surface area contributed by atoms with E-state index in [0.29, 0.717) is 28.6 Å². The van der Waals surface area contributed by atoms with Crippen LogP contribution in [0.4, 0.5) is 8.78 Å². The van der Waals surface area contributed by atoms with E-state index in [2.05, 4.69) is 16.9 Å². The summed E-state index contributed by atoms with van der Waals surface area (Å²) in [6.45, 7) is 4.03. The average Bonchev–Trinajstić information content (AvgIpc) is 3.18. The minimum Gasteiger partial charge on any atom is -0.489 e. The summed E-state index contributed by atoms with van der Waals surface area (Å²) in [5.74, 6) is -1.50. The predicted octanol–water partition coefficient (Wildman–Crippen LogP) is 4.58. The zero-order valence-corrected chi connectivity index (χ0v) is 15.1. The maximum Gasteiger partial charge on any atom is 0.271 e. The molecular weight excluding hydrogens is 370 g/mol. The number of halogens is 2. The van der Waals surface area contributed by atoms with Gasteiger partial charge in [0.1, 0.15) is 23.1 Å². The molecule has 3 aromatic rings. The van der Waals surface area contributed by atoms with E-state index in [1.165, 1.54) is 17.4 Å². The standard InChI is InChI=1S/C20H16F2N2O2S/c1-2-8-23-19(25)18-12-27-20(24-18)14-4-3-5-15(10-14)26-11-13-6-7-16(21)17(22)9-13/h2-7,9-10,12H,1,8,11H2,(H,23,25). The van der Waals surface area contributed by atoms with Crippen molar-refractivity contribution < 1.29 is 18.3 Å². The van der Waals surface area contributed by atoms with Crippen molar-refractivity contribution in [1.82, 2.24) is 10.3 Å². The molecule has 1 N–H and O–H groups in total. The second kappa shape index (κ2) is 8.55. The number of nitrogens with zero attached hydrogens (tertiary/aromatic N) is 1. The monoisotopic (exact) mass is 386 g/mol. The van der Waals surface area contributed by atoms with Crippen molar-refractivity contribution in [3.8, 4) is 16.3 Å². The zero-order valence-electron chi connectivity index (χ0n) is 14.2. The molecule has 0 aliphatic heterocycles. The van der Waals surface area contributed by atoms with Gasteiger partial charge in [-0.15, -0.1) is 17.9 Å². The van der Waals surface area contributed by atoms with Gasteiger partial charge in [-0.2, -0.15) is 0 Å². The molecule has 0 radical (unpaired) electrons. The minimum atomic E-state index is -0.908. The molecule has 3 rings (SSSR count). The van der Waals surface area contributed by atoms with Gasteiger partial charge in [0.2, 0.25) is 0 Å². The number of amides is 1. The first-order valence-corrected chi connectivity index (χ1v) is 8.96. The van der Waals surface area contributed by atoms with E-state index in [9.17, 15) is 13.6 Å². The molecule has 0 atom stereocenters. The van der Waals surface area contributed by atoms with Gasteiger partial charge in [0.05, 0.1) is 0 Å². The highest BCUT2D eigenvalue weighted by molar-refractivity contribution is 7.13. The van der Waals surface area contributed by atoms with Crippen molar-refractivity contribution in [2.45, 2.75) is 6.61 Å². The predicted molar refractivity (Wildman–Crippen MR) is 101 cm³/mol. The van der Waals surface area contributed by atoms with E-state index in [4.69, 9.17) is 4.74 Å². The fourth-order valence-corrected chi connectivity index (χ4v) is 3.08. The number of thiazole rings is 1. The molecule has 0 bridgehead atoms. The Morgan fingerprint density at radius 3 is 2.85 bits per heavy atom. The zero-order chi connectivity index (χ0) is 19.2. The highest BCUT2D eigenvalue weighted by Gasteiger charge is 2.11. The first kappa shape index (κ1) is 18.7. The lowest BCUT2D eigenvalue weighted by atomic mass is 10.2. The molecule has 4 nitrogen and oxygen atoms in total. The Hall–Kier alpha value is -3.06. The summed E-state index contributed by atoms with van der Waals surface area (Å²) in [7, 11) is 0. The molecule has 0 aliphatic rings. The molecule has 1 heterocycles.